The van der Waals surface area contributed by atoms with Gasteiger partial charge in [0, 0.05) is 13.1 Å². The molecule has 6 rings (SSSR count). The summed E-state index contributed by atoms with van der Waals surface area (Å²) in [5.41, 5.74) is 1.03. The number of rotatable bonds is 14. The highest BCUT2D eigenvalue weighted by molar-refractivity contribution is 7.32. The number of nitrogens with one attached hydrogen (secondary N) is 2. The summed E-state index contributed by atoms with van der Waals surface area (Å²) in [7, 11) is -6.98. The number of alkyl halides is 2. The van der Waals surface area contributed by atoms with Gasteiger partial charge in [0.25, 0.3) is 0 Å². The minimum absolute atomic E-state index is 0.216. The molecule has 10 atom stereocenters. The Kier molecular flexibility index (Phi) is 10.7. The van der Waals surface area contributed by atoms with Gasteiger partial charge in [-0.25, -0.2) is 38.7 Å². The van der Waals surface area contributed by atoms with E-state index in [1.54, 1.807) is 12.2 Å². The van der Waals surface area contributed by atoms with E-state index in [2.05, 4.69) is 40.5 Å². The van der Waals surface area contributed by atoms with Crippen LogP contribution in [-0.4, -0.2) is 122 Å². The molecular weight excluding hydrogens is 688 g/mol. The molecule has 0 saturated carbocycles. The molecule has 0 aliphatic carbocycles. The second-order valence-corrected chi connectivity index (χ2v) is 11.9. The maximum absolute atomic E-state index is 15.2. The number of hydrogen-bond acceptors (Lipinski definition) is 16. The third kappa shape index (κ3) is 6.81. The SMILES string of the molecule is O=[PH](O)O[C@@H]1[C@@H](CO)OC(n2cnc3c(NC/C=C/CNc4ncnc5c4ncn5[C@@H]4O[C@H](CO)[C@@H](O[PH](=O)O)[C@H]4F)ncnc32)[C@@H]1F. The summed E-state index contributed by atoms with van der Waals surface area (Å²) < 4.78 is 75.8. The van der Waals surface area contributed by atoms with Crippen molar-refractivity contribution in [3.63, 3.8) is 0 Å². The van der Waals surface area contributed by atoms with E-state index in [1.165, 1.54) is 34.4 Å². The van der Waals surface area contributed by atoms with Gasteiger partial charge in [0.2, 0.25) is 0 Å². The summed E-state index contributed by atoms with van der Waals surface area (Å²) in [4.78, 5) is 43.5. The van der Waals surface area contributed by atoms with Crippen molar-refractivity contribution in [1.82, 2.24) is 39.0 Å². The molecule has 260 valence electrons. The lowest BCUT2D eigenvalue weighted by molar-refractivity contribution is -0.0436. The molecule has 2 aliphatic heterocycles. The van der Waals surface area contributed by atoms with Gasteiger partial charge in [0.15, 0.2) is 58.8 Å². The fourth-order valence-corrected chi connectivity index (χ4v) is 6.49. The van der Waals surface area contributed by atoms with Crippen molar-refractivity contribution in [3.8, 4) is 0 Å². The van der Waals surface area contributed by atoms with Crippen molar-refractivity contribution in [2.45, 2.75) is 49.2 Å². The minimum Gasteiger partial charge on any atom is -0.394 e. The largest absolute Gasteiger partial charge is 0.394 e. The predicted octanol–water partition coefficient (Wildman–Crippen LogP) is 0.0362. The molecule has 0 radical (unpaired) electrons. The molecule has 20 nitrogen and oxygen atoms in total. The highest BCUT2D eigenvalue weighted by atomic mass is 31.1. The molecule has 2 aliphatic rings. The number of fused-ring (bicyclic) bond motifs is 2. The van der Waals surface area contributed by atoms with Crippen LogP contribution in [0.15, 0.2) is 37.5 Å². The molecule has 0 aromatic carbocycles. The van der Waals surface area contributed by atoms with Gasteiger partial charge in [-0.1, -0.05) is 12.2 Å². The quantitative estimate of drug-likeness (QED) is 0.0742. The van der Waals surface area contributed by atoms with Gasteiger partial charge in [-0.2, -0.15) is 0 Å². The van der Waals surface area contributed by atoms with Crippen LogP contribution in [0.1, 0.15) is 12.5 Å². The Bertz CT molecular complexity index is 1690. The maximum atomic E-state index is 15.2. The van der Waals surface area contributed by atoms with E-state index in [1.807, 2.05) is 0 Å². The van der Waals surface area contributed by atoms with Crippen molar-refractivity contribution >= 4 is 50.5 Å². The summed E-state index contributed by atoms with van der Waals surface area (Å²) in [6.45, 7) is -0.682. The molecule has 4 aromatic heterocycles. The molecule has 0 spiro atoms. The molecule has 2 fully saturated rings. The number of hydrogen-bond donors (Lipinski definition) is 6. The van der Waals surface area contributed by atoms with Crippen molar-refractivity contribution < 1.29 is 56.4 Å². The second-order valence-electron chi connectivity index (χ2n) is 10.4. The first kappa shape index (κ1) is 34.3. The summed E-state index contributed by atoms with van der Waals surface area (Å²) in [6.07, 6.45) is -3.08. The Hall–Kier alpha value is -3.56. The second kappa shape index (κ2) is 14.9. The highest BCUT2D eigenvalue weighted by Gasteiger charge is 2.49. The summed E-state index contributed by atoms with van der Waals surface area (Å²) >= 11 is 0. The smallest absolute Gasteiger partial charge is 0.317 e. The zero-order valence-corrected chi connectivity index (χ0v) is 26.5. The van der Waals surface area contributed by atoms with Gasteiger partial charge >= 0.3 is 16.5 Å². The Morgan fingerprint density at radius 2 is 1.17 bits per heavy atom. The first-order valence-corrected chi connectivity index (χ1v) is 16.8. The molecule has 48 heavy (non-hydrogen) atoms. The van der Waals surface area contributed by atoms with Crippen LogP contribution in [0.25, 0.3) is 22.3 Å². The Labute approximate surface area is 269 Å². The van der Waals surface area contributed by atoms with Crippen LogP contribution in [0.3, 0.4) is 0 Å². The number of anilines is 2. The highest BCUT2D eigenvalue weighted by Crippen LogP contribution is 2.40. The van der Waals surface area contributed by atoms with E-state index in [9.17, 15) is 19.3 Å². The van der Waals surface area contributed by atoms with E-state index < -0.39 is 78.9 Å². The van der Waals surface area contributed by atoms with Crippen molar-refractivity contribution in [3.05, 3.63) is 37.5 Å². The monoisotopic (exact) mass is 718 g/mol. The lowest BCUT2D eigenvalue weighted by Crippen LogP contribution is -2.32. The number of ether oxygens (including phenoxy) is 2. The molecule has 4 aromatic rings. The molecular formula is C24H30F2N10O10P2. The summed E-state index contributed by atoms with van der Waals surface area (Å²) in [5.74, 6) is 0.671. The van der Waals surface area contributed by atoms with Crippen LogP contribution in [0.2, 0.25) is 0 Å². The fourth-order valence-electron chi connectivity index (χ4n) is 5.46. The predicted molar refractivity (Wildman–Crippen MR) is 161 cm³/mol. The Morgan fingerprint density at radius 3 is 1.54 bits per heavy atom. The van der Waals surface area contributed by atoms with Gasteiger partial charge in [0.05, 0.1) is 25.9 Å². The lowest BCUT2D eigenvalue weighted by Gasteiger charge is -2.16. The Balaban J connectivity index is 1.07. The number of aliphatic hydroxyl groups excluding tert-OH is 2. The van der Waals surface area contributed by atoms with E-state index >= 15 is 8.78 Å². The standard InChI is InChI=1S/C24H30F2N10O10P2/c25-13-17(45-47(39)40)11(5-37)43-23(13)35-9-33-15-19(29-7-31-21(15)35)27-3-1-2-4-28-20-16-22(32-8-30-20)36(10-34-16)24-14(26)18(46-48(41)42)12(6-38)44-24/h1-2,7-14,17-18,23-24,37-38,47-48H,3-6H2,(H,39,40)(H,41,42)(H,27,29,31)(H,28,30,32)/b2-1+/t11-,12-,13-,14-,17-,18-,23-,24?/m1/s1. The van der Waals surface area contributed by atoms with E-state index in [0.29, 0.717) is 35.8 Å². The van der Waals surface area contributed by atoms with Crippen molar-refractivity contribution in [2.75, 3.05) is 36.9 Å². The number of aliphatic hydroxyl groups is 2. The first-order valence-electron chi connectivity index (χ1n) is 14.3. The zero-order valence-electron chi connectivity index (χ0n) is 24.5. The van der Waals surface area contributed by atoms with Gasteiger partial charge in [-0.05, 0) is 0 Å². The van der Waals surface area contributed by atoms with Crippen LogP contribution in [-0.2, 0) is 27.7 Å². The first-order chi connectivity index (χ1) is 23.2. The van der Waals surface area contributed by atoms with Crippen molar-refractivity contribution in [2.24, 2.45) is 0 Å². The number of nitrogens with zero attached hydrogens (tertiary/aromatic N) is 8. The molecule has 2 saturated heterocycles. The third-order valence-corrected chi connectivity index (χ3v) is 8.52. The van der Waals surface area contributed by atoms with Crippen molar-refractivity contribution in [1.29, 1.82) is 0 Å². The lowest BCUT2D eigenvalue weighted by atomic mass is 10.1. The molecule has 24 heteroatoms. The van der Waals surface area contributed by atoms with Gasteiger partial charge in [0.1, 0.15) is 37.1 Å². The van der Waals surface area contributed by atoms with Crippen LogP contribution in [0, 0.1) is 0 Å². The van der Waals surface area contributed by atoms with Crippen LogP contribution >= 0.6 is 16.5 Å². The Morgan fingerprint density at radius 1 is 0.750 bits per heavy atom. The van der Waals surface area contributed by atoms with E-state index in [-0.39, 0.29) is 11.3 Å². The number of aromatic nitrogens is 8. The van der Waals surface area contributed by atoms with E-state index in [4.69, 9.17) is 28.3 Å². The van der Waals surface area contributed by atoms with Gasteiger partial charge in [-0.3, -0.25) is 18.3 Å². The van der Waals surface area contributed by atoms with Gasteiger partial charge < -0.3 is 49.2 Å². The average Bonchev–Trinajstić information content (AvgIpc) is 3.83. The van der Waals surface area contributed by atoms with Crippen LogP contribution in [0.5, 0.6) is 0 Å². The normalized spacial score (nSPS) is 28.9. The van der Waals surface area contributed by atoms with E-state index in [0.717, 1.165) is 0 Å². The average molecular weight is 719 g/mol. The molecule has 6 N–H and O–H groups in total. The molecule has 6 heterocycles. The number of halogens is 2. The fraction of sp³-hybridized carbons (Fsp3) is 0.500. The van der Waals surface area contributed by atoms with Crippen LogP contribution in [0.4, 0.5) is 20.4 Å². The molecule has 0 bridgehead atoms. The minimum atomic E-state index is -3.49. The van der Waals surface area contributed by atoms with Gasteiger partial charge in [-0.15, -0.1) is 0 Å². The van der Waals surface area contributed by atoms with Crippen LogP contribution < -0.4 is 10.6 Å². The molecule has 0 amide bonds. The zero-order chi connectivity index (χ0) is 33.9. The molecule has 3 unspecified atom stereocenters. The third-order valence-electron chi connectivity index (χ3n) is 7.57. The summed E-state index contributed by atoms with van der Waals surface area (Å²) in [6, 6.07) is 0. The topological polar surface area (TPSA) is 263 Å². The maximum Gasteiger partial charge on any atom is 0.317 e. The number of imidazole rings is 2. The summed E-state index contributed by atoms with van der Waals surface area (Å²) in [5, 5.41) is 25.2.